The van der Waals surface area contributed by atoms with Crippen LogP contribution in [-0.4, -0.2) is 34.8 Å². The van der Waals surface area contributed by atoms with Gasteiger partial charge in [0.1, 0.15) is 5.75 Å². The van der Waals surface area contributed by atoms with Gasteiger partial charge in [0.15, 0.2) is 0 Å². The molecule has 3 heteroatoms. The first kappa shape index (κ1) is 16.0. The fraction of sp³-hybridized carbons (Fsp3) is 0.625. The molecule has 0 aliphatic carbocycles. The molecule has 0 radical (unpaired) electrons. The maximum atomic E-state index is 9.90. The summed E-state index contributed by atoms with van der Waals surface area (Å²) in [5.74, 6) is 0.909. The van der Waals surface area contributed by atoms with Crippen LogP contribution in [-0.2, 0) is 6.54 Å². The van der Waals surface area contributed by atoms with Crippen molar-refractivity contribution in [1.29, 1.82) is 0 Å². The summed E-state index contributed by atoms with van der Waals surface area (Å²) in [5, 5.41) is 9.90. The lowest BCUT2D eigenvalue weighted by Crippen LogP contribution is -2.38. The van der Waals surface area contributed by atoms with Crippen molar-refractivity contribution < 1.29 is 9.84 Å². The number of likely N-dealkylation sites (N-methyl/N-ethyl adjacent to an activating group) is 1. The van der Waals surface area contributed by atoms with Crippen LogP contribution >= 0.6 is 0 Å². The molecule has 0 heterocycles. The summed E-state index contributed by atoms with van der Waals surface area (Å²) in [6.45, 7) is 12.3. The third-order valence-corrected chi connectivity index (χ3v) is 2.73. The quantitative estimate of drug-likeness (QED) is 0.822. The second-order valence-electron chi connectivity index (χ2n) is 5.93. The molecule has 0 aliphatic heterocycles. The van der Waals surface area contributed by atoms with Crippen molar-refractivity contribution in [2.24, 2.45) is 0 Å². The van der Waals surface area contributed by atoms with Crippen molar-refractivity contribution in [3.05, 3.63) is 29.8 Å². The van der Waals surface area contributed by atoms with Gasteiger partial charge in [-0.05, 0) is 51.9 Å². The Morgan fingerprint density at radius 1 is 1.32 bits per heavy atom. The van der Waals surface area contributed by atoms with Gasteiger partial charge in [-0.2, -0.15) is 0 Å². The second-order valence-corrected chi connectivity index (χ2v) is 5.93. The van der Waals surface area contributed by atoms with Crippen molar-refractivity contribution in [3.63, 3.8) is 0 Å². The summed E-state index contributed by atoms with van der Waals surface area (Å²) >= 11 is 0. The van der Waals surface area contributed by atoms with Gasteiger partial charge in [0.25, 0.3) is 0 Å². The zero-order valence-electron chi connectivity index (χ0n) is 12.8. The van der Waals surface area contributed by atoms with E-state index in [-0.39, 0.29) is 6.10 Å². The maximum Gasteiger partial charge on any atom is 0.120 e. The lowest BCUT2D eigenvalue weighted by Gasteiger charge is -2.28. The van der Waals surface area contributed by atoms with Crippen LogP contribution < -0.4 is 4.74 Å². The Kier molecular flexibility index (Phi) is 5.83. The fourth-order valence-corrected chi connectivity index (χ4v) is 2.07. The first-order chi connectivity index (χ1) is 8.80. The normalized spacial score (nSPS) is 12.2. The summed E-state index contributed by atoms with van der Waals surface area (Å²) in [6, 6.07) is 8.17. The summed E-state index contributed by atoms with van der Waals surface area (Å²) < 4.78 is 5.70. The molecule has 0 unspecified atom stereocenters. The molecule has 0 saturated heterocycles. The molecule has 0 atom stereocenters. The summed E-state index contributed by atoms with van der Waals surface area (Å²) in [5.41, 5.74) is 0.548. The predicted molar refractivity (Wildman–Crippen MR) is 79.5 cm³/mol. The fourth-order valence-electron chi connectivity index (χ4n) is 2.07. The molecule has 1 aromatic carbocycles. The number of ether oxygens (including phenoxy) is 1. The number of benzene rings is 1. The summed E-state index contributed by atoms with van der Waals surface area (Å²) in [6.07, 6.45) is 0.189. The molecule has 0 fully saturated rings. The minimum atomic E-state index is -0.665. The van der Waals surface area contributed by atoms with Crippen molar-refractivity contribution in [2.45, 2.75) is 52.9 Å². The van der Waals surface area contributed by atoms with Gasteiger partial charge in [0, 0.05) is 13.1 Å². The smallest absolute Gasteiger partial charge is 0.120 e. The van der Waals surface area contributed by atoms with Crippen LogP contribution in [0.1, 0.15) is 40.2 Å². The van der Waals surface area contributed by atoms with Gasteiger partial charge >= 0.3 is 0 Å². The van der Waals surface area contributed by atoms with E-state index < -0.39 is 5.60 Å². The SMILES string of the molecule is CCN(Cc1cccc(OC(C)C)c1)CC(C)(C)O. The van der Waals surface area contributed by atoms with Gasteiger partial charge in [-0.3, -0.25) is 4.90 Å². The minimum Gasteiger partial charge on any atom is -0.491 e. The Hall–Kier alpha value is -1.06. The average molecular weight is 265 g/mol. The highest BCUT2D eigenvalue weighted by Crippen LogP contribution is 2.17. The van der Waals surface area contributed by atoms with Crippen molar-refractivity contribution >= 4 is 0 Å². The Labute approximate surface area is 117 Å². The van der Waals surface area contributed by atoms with Gasteiger partial charge in [0.2, 0.25) is 0 Å². The van der Waals surface area contributed by atoms with Gasteiger partial charge in [-0.15, -0.1) is 0 Å². The van der Waals surface area contributed by atoms with E-state index in [0.717, 1.165) is 18.8 Å². The molecule has 1 aromatic rings. The molecule has 1 N–H and O–H groups in total. The first-order valence-electron chi connectivity index (χ1n) is 7.00. The van der Waals surface area contributed by atoms with Crippen LogP contribution in [0.3, 0.4) is 0 Å². The van der Waals surface area contributed by atoms with E-state index in [1.165, 1.54) is 5.56 Å². The average Bonchev–Trinajstić information content (AvgIpc) is 2.25. The van der Waals surface area contributed by atoms with E-state index in [2.05, 4.69) is 24.0 Å². The Balaban J connectivity index is 2.69. The monoisotopic (exact) mass is 265 g/mol. The number of hydrogen-bond donors (Lipinski definition) is 1. The highest BCUT2D eigenvalue weighted by Gasteiger charge is 2.17. The van der Waals surface area contributed by atoms with Crippen molar-refractivity contribution in [3.8, 4) is 5.75 Å². The van der Waals surface area contributed by atoms with E-state index in [0.29, 0.717) is 6.54 Å². The molecule has 108 valence electrons. The number of aliphatic hydroxyl groups is 1. The molecule has 3 nitrogen and oxygen atoms in total. The van der Waals surface area contributed by atoms with Crippen LogP contribution in [0.4, 0.5) is 0 Å². The van der Waals surface area contributed by atoms with Crippen LogP contribution in [0.5, 0.6) is 5.75 Å². The molecular formula is C16H27NO2. The van der Waals surface area contributed by atoms with Crippen molar-refractivity contribution in [2.75, 3.05) is 13.1 Å². The van der Waals surface area contributed by atoms with Crippen LogP contribution in [0, 0.1) is 0 Å². The van der Waals surface area contributed by atoms with E-state index in [1.54, 1.807) is 0 Å². The third kappa shape index (κ3) is 6.60. The lowest BCUT2D eigenvalue weighted by molar-refractivity contribution is 0.0353. The topological polar surface area (TPSA) is 32.7 Å². The summed E-state index contributed by atoms with van der Waals surface area (Å²) in [7, 11) is 0. The number of nitrogens with zero attached hydrogens (tertiary/aromatic N) is 1. The minimum absolute atomic E-state index is 0.189. The zero-order valence-corrected chi connectivity index (χ0v) is 12.8. The Morgan fingerprint density at radius 3 is 2.53 bits per heavy atom. The third-order valence-electron chi connectivity index (χ3n) is 2.73. The molecule has 0 aliphatic rings. The van der Waals surface area contributed by atoms with E-state index >= 15 is 0 Å². The standard InChI is InChI=1S/C16H27NO2/c1-6-17(12-16(4,5)18)11-14-8-7-9-15(10-14)19-13(2)3/h7-10,13,18H,6,11-12H2,1-5H3. The largest absolute Gasteiger partial charge is 0.491 e. The molecule has 0 spiro atoms. The Bertz CT molecular complexity index is 383. The van der Waals surface area contributed by atoms with Gasteiger partial charge in [0.05, 0.1) is 11.7 Å². The predicted octanol–water partition coefficient (Wildman–Crippen LogP) is 3.07. The lowest BCUT2D eigenvalue weighted by atomic mass is 10.1. The number of rotatable bonds is 7. The summed E-state index contributed by atoms with van der Waals surface area (Å²) in [4.78, 5) is 2.23. The van der Waals surface area contributed by atoms with Crippen molar-refractivity contribution in [1.82, 2.24) is 4.90 Å². The molecular weight excluding hydrogens is 238 g/mol. The zero-order chi connectivity index (χ0) is 14.5. The molecule has 19 heavy (non-hydrogen) atoms. The van der Waals surface area contributed by atoms with E-state index in [9.17, 15) is 5.11 Å². The van der Waals surface area contributed by atoms with Gasteiger partial charge in [-0.1, -0.05) is 19.1 Å². The van der Waals surface area contributed by atoms with E-state index in [4.69, 9.17) is 4.74 Å². The van der Waals surface area contributed by atoms with Gasteiger partial charge < -0.3 is 9.84 Å². The molecule has 1 rings (SSSR count). The number of hydrogen-bond acceptors (Lipinski definition) is 3. The molecule has 0 aromatic heterocycles. The van der Waals surface area contributed by atoms with Crippen LogP contribution in [0.2, 0.25) is 0 Å². The molecule has 0 bridgehead atoms. The molecule has 0 saturated carbocycles. The molecule has 0 amide bonds. The van der Waals surface area contributed by atoms with Gasteiger partial charge in [-0.25, -0.2) is 0 Å². The highest BCUT2D eigenvalue weighted by atomic mass is 16.5. The van der Waals surface area contributed by atoms with Crippen LogP contribution in [0.15, 0.2) is 24.3 Å². The second kappa shape index (κ2) is 6.92. The van der Waals surface area contributed by atoms with E-state index in [1.807, 2.05) is 39.8 Å². The first-order valence-corrected chi connectivity index (χ1v) is 7.00. The van der Waals surface area contributed by atoms with Crippen LogP contribution in [0.25, 0.3) is 0 Å². The highest BCUT2D eigenvalue weighted by molar-refractivity contribution is 5.28. The maximum absolute atomic E-state index is 9.90. The Morgan fingerprint density at radius 2 is 2.00 bits per heavy atom.